The Balaban J connectivity index is 1.21. The fraction of sp³-hybridized carbons (Fsp3) is 0.683. The number of likely N-dealkylation sites (N-methyl/N-ethyl adjacent to an activating group) is 2. The van der Waals surface area contributed by atoms with Crippen molar-refractivity contribution < 1.29 is 88.3 Å². The van der Waals surface area contributed by atoms with Crippen molar-refractivity contribution in [2.24, 2.45) is 5.14 Å². The first-order chi connectivity index (χ1) is 33.0. The number of anilines is 1. The Labute approximate surface area is 419 Å². The van der Waals surface area contributed by atoms with Gasteiger partial charge in [0, 0.05) is 50.9 Å². The third kappa shape index (κ3) is 16.5. The molecule has 0 saturated carbocycles. The largest absolute Gasteiger partial charge is 0.470 e. The zero-order valence-electron chi connectivity index (χ0n) is 40.9. The summed E-state index contributed by atoms with van der Waals surface area (Å²) in [4.78, 5) is 93.5. The van der Waals surface area contributed by atoms with Gasteiger partial charge in [0.1, 0.15) is 21.1 Å². The molecule has 26 nitrogen and oxygen atoms in total. The number of aromatic nitrogens is 2. The third-order valence-electron chi connectivity index (χ3n) is 10.4. The summed E-state index contributed by atoms with van der Waals surface area (Å²) in [5.41, 5.74) is -0.313. The molecule has 6 unspecified atom stereocenters. The van der Waals surface area contributed by atoms with Gasteiger partial charge in [0.15, 0.2) is 30.5 Å². The molecular formula is C41H61N7O19S4. The number of nitrogens with two attached hydrogens (primary N) is 1. The Kier molecular flexibility index (Phi) is 20.6. The highest BCUT2D eigenvalue weighted by Gasteiger charge is 2.43. The molecule has 0 spiro atoms. The molecule has 0 aromatic carbocycles. The Hall–Kier alpha value is -5.11. The second kappa shape index (κ2) is 25.0. The lowest BCUT2D eigenvalue weighted by Crippen LogP contribution is -2.49. The van der Waals surface area contributed by atoms with Gasteiger partial charge >= 0.3 is 35.8 Å². The molecular weight excluding hydrogens is 1020 g/mol. The fourth-order valence-electron chi connectivity index (χ4n) is 6.54. The number of nitrogens with one attached hydrogen (secondary N) is 1. The van der Waals surface area contributed by atoms with E-state index in [0.29, 0.717) is 43.5 Å². The monoisotopic (exact) mass is 1080 g/mol. The number of hydrogen-bond donors (Lipinski definition) is 2. The first-order valence-electron chi connectivity index (χ1n) is 22.2. The van der Waals surface area contributed by atoms with Crippen molar-refractivity contribution in [2.45, 2.75) is 132 Å². The predicted molar refractivity (Wildman–Crippen MR) is 249 cm³/mol. The number of amides is 1. The smallest absolute Gasteiger partial charge is 0.347 e. The number of rotatable bonds is 23. The Bertz CT molecular complexity index is 2470. The molecule has 2 aromatic rings. The van der Waals surface area contributed by atoms with E-state index in [2.05, 4.69) is 14.1 Å². The van der Waals surface area contributed by atoms with Gasteiger partial charge in [-0.1, -0.05) is 0 Å². The Morgan fingerprint density at radius 3 is 1.86 bits per heavy atom. The van der Waals surface area contributed by atoms with Crippen LogP contribution in [0.15, 0.2) is 14.5 Å². The lowest BCUT2D eigenvalue weighted by Gasteiger charge is -2.37. The van der Waals surface area contributed by atoms with Gasteiger partial charge in [-0.15, -0.1) is 15.7 Å². The zero-order valence-corrected chi connectivity index (χ0v) is 44.2. The van der Waals surface area contributed by atoms with E-state index in [1.807, 2.05) is 25.7 Å². The molecule has 3 N–H and O–H groups in total. The zero-order chi connectivity index (χ0) is 53.2. The van der Waals surface area contributed by atoms with Crippen LogP contribution in [0.1, 0.15) is 86.8 Å². The van der Waals surface area contributed by atoms with Gasteiger partial charge in [0.25, 0.3) is 21.8 Å². The molecule has 398 valence electrons. The number of carbonyl (C=O) groups is 7. The van der Waals surface area contributed by atoms with Crippen molar-refractivity contribution in [3.8, 4) is 5.88 Å². The number of ether oxygens (including phenoxy) is 8. The minimum atomic E-state index is -4.30. The predicted octanol–water partition coefficient (Wildman–Crippen LogP) is 0.425. The van der Waals surface area contributed by atoms with Crippen LogP contribution >= 0.6 is 23.1 Å². The van der Waals surface area contributed by atoms with Crippen LogP contribution in [-0.2, 0) is 86.8 Å². The van der Waals surface area contributed by atoms with E-state index < -0.39 is 121 Å². The molecule has 1 saturated heterocycles. The maximum Gasteiger partial charge on any atom is 0.347 e. The number of hydrogen-bond acceptors (Lipinski definition) is 25. The maximum absolute atomic E-state index is 13.6. The number of esters is 6. The number of primary sulfonamides is 1. The first kappa shape index (κ1) is 58.5. The van der Waals surface area contributed by atoms with Gasteiger partial charge in [0.05, 0.1) is 43.8 Å². The van der Waals surface area contributed by atoms with Crippen molar-refractivity contribution in [3.63, 3.8) is 0 Å². The van der Waals surface area contributed by atoms with Crippen LogP contribution in [-0.4, -0.2) is 178 Å². The molecule has 0 bridgehead atoms. The molecule has 2 aliphatic heterocycles. The van der Waals surface area contributed by atoms with Gasteiger partial charge in [0.2, 0.25) is 15.8 Å². The highest BCUT2D eigenvalue weighted by Crippen LogP contribution is 2.42. The van der Waals surface area contributed by atoms with Gasteiger partial charge in [-0.2, -0.15) is 8.68 Å². The molecule has 0 radical (unpaired) electrons. The Morgan fingerprint density at radius 1 is 0.845 bits per heavy atom. The van der Waals surface area contributed by atoms with Crippen LogP contribution in [0, 0.1) is 0 Å². The van der Waals surface area contributed by atoms with Crippen molar-refractivity contribution >= 4 is 90.7 Å². The van der Waals surface area contributed by atoms with Crippen LogP contribution in [0.2, 0.25) is 0 Å². The second-order valence-electron chi connectivity index (χ2n) is 17.3. The summed E-state index contributed by atoms with van der Waals surface area (Å²) in [5, 5.41) is 8.50. The van der Waals surface area contributed by atoms with Crippen molar-refractivity contribution in [1.82, 2.24) is 23.3 Å². The van der Waals surface area contributed by atoms with Crippen LogP contribution in [0.3, 0.4) is 0 Å². The standard InChI is InChI=1S/C41H61N7O19S4/c1-11-48(29-20-46(10)71(58,59)40-28(29)18-32(68-40)70(42,56)57)35(51)22(2)63-37(53)24(4)65-39(55)26(6)66-38(54)25(5)64-36(52)23(3)62-30(49)12-13-31(50)67-27(19-43-41(7,8)9)21-61-34-33(44-69-45-34)47-14-16-60-17-15-47/h18,22-27,29,43H,11-17,19-21H2,1-10H3,(H2,42,56,57)/t22?,23?,24?,25?,26?,27?,29-/m1/s1. The third-order valence-corrected chi connectivity index (χ3v) is 15.8. The number of morpholine rings is 1. The molecule has 71 heavy (non-hydrogen) atoms. The van der Waals surface area contributed by atoms with E-state index >= 15 is 0 Å². The van der Waals surface area contributed by atoms with Crippen molar-refractivity contribution in [1.29, 1.82) is 0 Å². The summed E-state index contributed by atoms with van der Waals surface area (Å²) in [5.74, 6) is -6.44. The lowest BCUT2D eigenvalue weighted by molar-refractivity contribution is -0.186. The molecule has 2 aliphatic rings. The topological polar surface area (TPSA) is 335 Å². The lowest BCUT2D eigenvalue weighted by atomic mass is 10.1. The molecule has 1 amide bonds. The molecule has 4 rings (SSSR count). The average Bonchev–Trinajstić information content (AvgIpc) is 3.98. The van der Waals surface area contributed by atoms with Crippen LogP contribution < -0.4 is 20.1 Å². The summed E-state index contributed by atoms with van der Waals surface area (Å²) >= 11 is 1.42. The van der Waals surface area contributed by atoms with Gasteiger partial charge in [-0.05, 0) is 68.4 Å². The number of carbonyl (C=O) groups excluding carboxylic acids is 7. The van der Waals surface area contributed by atoms with Crippen LogP contribution in [0.25, 0.3) is 0 Å². The van der Waals surface area contributed by atoms with Crippen molar-refractivity contribution in [3.05, 3.63) is 11.6 Å². The summed E-state index contributed by atoms with van der Waals surface area (Å²) in [7, 11) is -7.15. The maximum atomic E-state index is 13.6. The number of nitrogens with zero attached hydrogens (tertiary/aromatic N) is 5. The quantitative estimate of drug-likeness (QED) is 0.113. The normalized spacial score (nSPS) is 18.5. The van der Waals surface area contributed by atoms with Gasteiger partial charge in [-0.3, -0.25) is 14.4 Å². The summed E-state index contributed by atoms with van der Waals surface area (Å²) < 4.78 is 101. The highest BCUT2D eigenvalue weighted by atomic mass is 32.3. The van der Waals surface area contributed by atoms with Crippen LogP contribution in [0.4, 0.5) is 5.82 Å². The van der Waals surface area contributed by atoms with Gasteiger partial charge in [-0.25, -0.2) is 41.2 Å². The molecule has 7 atom stereocenters. The van der Waals surface area contributed by atoms with Crippen LogP contribution in [0.5, 0.6) is 5.88 Å². The summed E-state index contributed by atoms with van der Waals surface area (Å²) in [6.07, 6.45) is -9.65. The molecule has 1 fully saturated rings. The number of fused-ring (bicyclic) bond motifs is 1. The van der Waals surface area contributed by atoms with E-state index in [1.165, 1.54) is 25.8 Å². The van der Waals surface area contributed by atoms with E-state index in [1.54, 1.807) is 6.92 Å². The van der Waals surface area contributed by atoms with Gasteiger partial charge < -0.3 is 53.0 Å². The Morgan fingerprint density at radius 2 is 1.35 bits per heavy atom. The fourth-order valence-corrected chi connectivity index (χ4v) is 11.1. The molecule has 30 heteroatoms. The van der Waals surface area contributed by atoms with E-state index in [9.17, 15) is 50.4 Å². The van der Waals surface area contributed by atoms with E-state index in [4.69, 9.17) is 43.0 Å². The second-order valence-corrected chi connectivity index (χ2v) is 22.9. The first-order valence-corrected chi connectivity index (χ1v) is 26.7. The van der Waals surface area contributed by atoms with Crippen molar-refractivity contribution in [2.75, 3.05) is 64.5 Å². The average molecular weight is 1080 g/mol. The summed E-state index contributed by atoms with van der Waals surface area (Å²) in [6, 6.07) is 0.0982. The highest BCUT2D eigenvalue weighted by molar-refractivity contribution is 7.94. The molecule has 4 heterocycles. The molecule has 2 aromatic heterocycles. The SMILES string of the molecule is CCN(C(=O)C(C)OC(=O)C(C)OC(=O)C(C)OC(=O)C(C)OC(=O)C(C)OC(=O)CCC(=O)OC(CNC(C)(C)C)COc1nsnc1N1CCOCC1)[C@@H]1CN(C)S(=O)(=O)c2sc(S(N)(=O)=O)cc21. The number of sulfonamides is 2. The minimum Gasteiger partial charge on any atom is -0.470 e. The van der Waals surface area contributed by atoms with E-state index in [-0.39, 0.29) is 47.4 Å². The van der Waals surface area contributed by atoms with E-state index in [0.717, 1.165) is 42.9 Å². The minimum absolute atomic E-state index is 0.0210. The molecule has 0 aliphatic carbocycles. The summed E-state index contributed by atoms with van der Waals surface area (Å²) in [6.45, 7) is 15.2. The number of thiophene rings is 1.